The molecule has 6 nitrogen and oxygen atoms in total. The van der Waals surface area contributed by atoms with Crippen molar-refractivity contribution in [2.24, 2.45) is 0 Å². The van der Waals surface area contributed by atoms with Crippen molar-refractivity contribution in [2.75, 3.05) is 25.5 Å². The fraction of sp³-hybridized carbons (Fsp3) is 0.381. The molecule has 1 heterocycles. The van der Waals surface area contributed by atoms with Crippen molar-refractivity contribution < 1.29 is 40.7 Å². The van der Waals surface area contributed by atoms with Gasteiger partial charge in [0, 0.05) is 29.7 Å². The van der Waals surface area contributed by atoms with E-state index in [4.69, 9.17) is 0 Å². The highest BCUT2D eigenvalue weighted by atomic mass is 19.4. The third-order valence-corrected chi connectivity index (χ3v) is 4.55. The third-order valence-electron chi connectivity index (χ3n) is 4.55. The van der Waals surface area contributed by atoms with Crippen molar-refractivity contribution in [3.63, 3.8) is 0 Å². The number of pyridine rings is 1. The van der Waals surface area contributed by atoms with Gasteiger partial charge in [-0.25, -0.2) is 4.98 Å². The molecule has 0 saturated heterocycles. The number of alkyl halides is 6. The van der Waals surface area contributed by atoms with E-state index in [1.807, 2.05) is 0 Å². The second-order valence-electron chi connectivity index (χ2n) is 7.00. The zero-order valence-electron chi connectivity index (χ0n) is 17.5. The van der Waals surface area contributed by atoms with Crippen molar-refractivity contribution >= 4 is 28.5 Å². The molecule has 0 aliphatic carbocycles. The van der Waals surface area contributed by atoms with Crippen molar-refractivity contribution in [1.82, 2.24) is 10.3 Å². The Morgan fingerprint density at radius 3 is 2.33 bits per heavy atom. The van der Waals surface area contributed by atoms with E-state index in [1.54, 1.807) is 0 Å². The molecule has 180 valence electrons. The number of nitrogens with one attached hydrogen (secondary N) is 2. The van der Waals surface area contributed by atoms with Crippen LogP contribution in [0.2, 0.25) is 0 Å². The van der Waals surface area contributed by atoms with Gasteiger partial charge in [-0.3, -0.25) is 9.59 Å². The van der Waals surface area contributed by atoms with Gasteiger partial charge in [0.1, 0.15) is 5.69 Å². The summed E-state index contributed by atoms with van der Waals surface area (Å²) in [7, 11) is 1.17. The smallest absolute Gasteiger partial charge is 0.433 e. The molecule has 0 aliphatic rings. The van der Waals surface area contributed by atoms with Gasteiger partial charge in [-0.1, -0.05) is 18.7 Å². The van der Waals surface area contributed by atoms with Crippen LogP contribution in [-0.2, 0) is 26.7 Å². The van der Waals surface area contributed by atoms with Gasteiger partial charge < -0.3 is 15.4 Å². The average Bonchev–Trinajstić information content (AvgIpc) is 2.73. The lowest BCUT2D eigenvalue weighted by Crippen LogP contribution is -2.27. The number of esters is 1. The summed E-state index contributed by atoms with van der Waals surface area (Å²) >= 11 is 0. The molecule has 2 aromatic rings. The number of rotatable bonds is 9. The van der Waals surface area contributed by atoms with Gasteiger partial charge in [0.15, 0.2) is 0 Å². The second-order valence-corrected chi connectivity index (χ2v) is 7.00. The zero-order chi connectivity index (χ0) is 24.8. The van der Waals surface area contributed by atoms with Gasteiger partial charge in [0.25, 0.3) is 0 Å². The number of ether oxygens (including phenoxy) is 1. The number of para-hydroxylation sites is 1. The predicted octanol–water partition coefficient (Wildman–Crippen LogP) is 4.70. The molecule has 0 fully saturated rings. The van der Waals surface area contributed by atoms with Crippen LogP contribution in [0.1, 0.15) is 30.5 Å². The molecule has 2 N–H and O–H groups in total. The number of amides is 1. The zero-order valence-corrected chi connectivity index (χ0v) is 17.5. The van der Waals surface area contributed by atoms with Crippen LogP contribution >= 0.6 is 0 Å². The van der Waals surface area contributed by atoms with Crippen LogP contribution in [-0.4, -0.2) is 37.1 Å². The Bertz CT molecular complexity index is 1030. The van der Waals surface area contributed by atoms with E-state index < -0.39 is 41.0 Å². The highest BCUT2D eigenvalue weighted by Crippen LogP contribution is 2.39. The first-order valence-electron chi connectivity index (χ1n) is 9.69. The number of aromatic nitrogens is 1. The fourth-order valence-corrected chi connectivity index (χ4v) is 2.90. The summed E-state index contributed by atoms with van der Waals surface area (Å²) < 4.78 is 83.9. The van der Waals surface area contributed by atoms with Crippen LogP contribution in [0.25, 0.3) is 10.9 Å². The Morgan fingerprint density at radius 2 is 1.73 bits per heavy atom. The van der Waals surface area contributed by atoms with E-state index in [-0.39, 0.29) is 36.2 Å². The molecule has 0 spiro atoms. The number of hydrogen-bond donors (Lipinski definition) is 2. The standard InChI is InChI=1S/C21H21F6N3O3/c1-12(10-17(31)33-2)19(32)29-9-4-3-8-28-15-11-16(21(25,26)27)30-18-13(15)6-5-7-14(18)20(22,23)24/h5-7,11H,1,3-4,8-10H2,2H3,(H,28,30)(H,29,32). The number of benzene rings is 1. The summed E-state index contributed by atoms with van der Waals surface area (Å²) in [6.07, 6.45) is -9.27. The number of nitrogens with zero attached hydrogens (tertiary/aromatic N) is 1. The Hall–Kier alpha value is -3.31. The van der Waals surface area contributed by atoms with E-state index in [9.17, 15) is 35.9 Å². The van der Waals surface area contributed by atoms with Crippen molar-refractivity contribution in [1.29, 1.82) is 0 Å². The van der Waals surface area contributed by atoms with Crippen LogP contribution in [0.5, 0.6) is 0 Å². The lowest BCUT2D eigenvalue weighted by molar-refractivity contribution is -0.142. The number of hydrogen-bond acceptors (Lipinski definition) is 5. The predicted molar refractivity (Wildman–Crippen MR) is 108 cm³/mol. The molecule has 2 rings (SSSR count). The molecule has 0 atom stereocenters. The molecule has 0 saturated carbocycles. The van der Waals surface area contributed by atoms with E-state index in [0.717, 1.165) is 6.07 Å². The molecule has 0 aliphatic heterocycles. The molecular formula is C21H21F6N3O3. The summed E-state index contributed by atoms with van der Waals surface area (Å²) in [4.78, 5) is 26.1. The maximum atomic E-state index is 13.3. The number of methoxy groups -OCH3 is 1. The minimum Gasteiger partial charge on any atom is -0.469 e. The van der Waals surface area contributed by atoms with E-state index in [1.165, 1.54) is 13.2 Å². The number of anilines is 1. The monoisotopic (exact) mass is 477 g/mol. The summed E-state index contributed by atoms with van der Waals surface area (Å²) in [5, 5.41) is 5.17. The van der Waals surface area contributed by atoms with Crippen molar-refractivity contribution in [3.8, 4) is 0 Å². The average molecular weight is 477 g/mol. The molecule has 0 unspecified atom stereocenters. The molecule has 12 heteroatoms. The van der Waals surface area contributed by atoms with Gasteiger partial charge in [0.2, 0.25) is 5.91 Å². The summed E-state index contributed by atoms with van der Waals surface area (Å²) in [6, 6.07) is 3.70. The number of fused-ring (bicyclic) bond motifs is 1. The summed E-state index contributed by atoms with van der Waals surface area (Å²) in [5.74, 6) is -1.15. The minimum absolute atomic E-state index is 0.0170. The van der Waals surface area contributed by atoms with Crippen LogP contribution < -0.4 is 10.6 Å². The highest BCUT2D eigenvalue weighted by Gasteiger charge is 2.37. The Labute approximate surface area is 185 Å². The lowest BCUT2D eigenvalue weighted by Gasteiger charge is -2.16. The van der Waals surface area contributed by atoms with Gasteiger partial charge in [0.05, 0.1) is 24.6 Å². The maximum absolute atomic E-state index is 13.3. The van der Waals surface area contributed by atoms with Crippen LogP contribution in [0.3, 0.4) is 0 Å². The largest absolute Gasteiger partial charge is 0.469 e. The normalized spacial score (nSPS) is 11.8. The Kier molecular flexibility index (Phi) is 8.29. The number of halogens is 6. The fourth-order valence-electron chi connectivity index (χ4n) is 2.90. The topological polar surface area (TPSA) is 80.3 Å². The van der Waals surface area contributed by atoms with Crippen molar-refractivity contribution in [3.05, 3.63) is 47.7 Å². The minimum atomic E-state index is -4.93. The Morgan fingerprint density at radius 1 is 1.06 bits per heavy atom. The maximum Gasteiger partial charge on any atom is 0.433 e. The molecule has 33 heavy (non-hydrogen) atoms. The quantitative estimate of drug-likeness (QED) is 0.237. The molecule has 0 bridgehead atoms. The number of unbranched alkanes of at least 4 members (excludes halogenated alkanes) is 1. The molecule has 1 amide bonds. The summed E-state index contributed by atoms with van der Waals surface area (Å²) in [5.41, 5.74) is -3.61. The van der Waals surface area contributed by atoms with E-state index in [2.05, 4.69) is 26.9 Å². The number of carbonyl (C=O) groups is 2. The molecule has 1 aromatic heterocycles. The van der Waals surface area contributed by atoms with E-state index >= 15 is 0 Å². The SMILES string of the molecule is C=C(CC(=O)OC)C(=O)NCCCCNc1cc(C(F)(F)F)nc2c(C(F)(F)F)cccc12. The first-order chi connectivity index (χ1) is 15.3. The van der Waals surface area contributed by atoms with Gasteiger partial charge >= 0.3 is 18.3 Å². The molecule has 1 aromatic carbocycles. The van der Waals surface area contributed by atoms with Gasteiger partial charge in [-0.05, 0) is 25.0 Å². The van der Waals surface area contributed by atoms with Crippen LogP contribution in [0.15, 0.2) is 36.4 Å². The van der Waals surface area contributed by atoms with Gasteiger partial charge in [-0.2, -0.15) is 26.3 Å². The third kappa shape index (κ3) is 7.09. The van der Waals surface area contributed by atoms with Gasteiger partial charge in [-0.15, -0.1) is 0 Å². The molecular weight excluding hydrogens is 456 g/mol. The highest BCUT2D eigenvalue weighted by molar-refractivity contribution is 5.97. The first kappa shape index (κ1) is 25.9. The number of carbonyl (C=O) groups excluding carboxylic acids is 2. The first-order valence-corrected chi connectivity index (χ1v) is 9.69. The van der Waals surface area contributed by atoms with Crippen LogP contribution in [0, 0.1) is 0 Å². The second kappa shape index (κ2) is 10.5. The lowest BCUT2D eigenvalue weighted by atomic mass is 10.1. The van der Waals surface area contributed by atoms with Crippen molar-refractivity contribution in [2.45, 2.75) is 31.6 Å². The van der Waals surface area contributed by atoms with E-state index in [0.29, 0.717) is 25.0 Å². The Balaban J connectivity index is 2.05. The molecule has 0 radical (unpaired) electrons. The summed E-state index contributed by atoms with van der Waals surface area (Å²) in [6.45, 7) is 3.80. The van der Waals surface area contributed by atoms with Crippen LogP contribution in [0.4, 0.5) is 32.0 Å².